The van der Waals surface area contributed by atoms with Crippen LogP contribution in [0.25, 0.3) is 11.0 Å². The highest BCUT2D eigenvalue weighted by Gasteiger charge is 2.28. The predicted octanol–water partition coefficient (Wildman–Crippen LogP) is 4.31. The maximum Gasteiger partial charge on any atom is 0.291 e. The maximum absolute atomic E-state index is 13.1. The van der Waals surface area contributed by atoms with E-state index in [1.807, 2.05) is 24.3 Å². The first-order valence-electron chi connectivity index (χ1n) is 10.3. The number of nitrogens with zero attached hydrogens (tertiary/aromatic N) is 3. The number of rotatable bonds is 6. The molecule has 4 aromatic rings. The van der Waals surface area contributed by atoms with E-state index in [1.165, 1.54) is 16.1 Å². The van der Waals surface area contributed by atoms with Crippen LogP contribution in [0.15, 0.2) is 76.6 Å². The second-order valence-corrected chi connectivity index (χ2v) is 10.4. The Bertz CT molecular complexity index is 1400. The first kappa shape index (κ1) is 21.5. The zero-order valence-electron chi connectivity index (χ0n) is 17.5. The van der Waals surface area contributed by atoms with E-state index in [0.29, 0.717) is 40.8 Å². The van der Waals surface area contributed by atoms with Gasteiger partial charge in [0.15, 0.2) is 10.9 Å². The van der Waals surface area contributed by atoms with Gasteiger partial charge in [0.25, 0.3) is 5.91 Å². The van der Waals surface area contributed by atoms with Gasteiger partial charge in [-0.2, -0.15) is 0 Å². The Morgan fingerprint density at radius 3 is 2.55 bits per heavy atom. The highest BCUT2D eigenvalue weighted by Crippen LogP contribution is 2.32. The Kier molecular flexibility index (Phi) is 5.77. The lowest BCUT2D eigenvalue weighted by Gasteiger charge is -2.17. The second kappa shape index (κ2) is 8.87. The highest BCUT2D eigenvalue weighted by atomic mass is 32.2. The summed E-state index contributed by atoms with van der Waals surface area (Å²) in [6.45, 7) is 0.471. The van der Waals surface area contributed by atoms with Gasteiger partial charge in [0.05, 0.1) is 11.4 Å². The minimum Gasteiger partial charge on any atom is -0.451 e. The van der Waals surface area contributed by atoms with E-state index in [0.717, 1.165) is 10.9 Å². The summed E-state index contributed by atoms with van der Waals surface area (Å²) in [7, 11) is -3.25. The molecular formula is C23H20N4O4S2. The van der Waals surface area contributed by atoms with Gasteiger partial charge < -0.3 is 9.73 Å². The van der Waals surface area contributed by atoms with E-state index in [1.54, 1.807) is 42.7 Å². The molecule has 0 bridgehead atoms. The topological polar surface area (TPSA) is 105 Å². The molecule has 0 aliphatic carbocycles. The molecule has 10 heteroatoms. The summed E-state index contributed by atoms with van der Waals surface area (Å²) < 4.78 is 31.6. The minimum absolute atomic E-state index is 0.159. The smallest absolute Gasteiger partial charge is 0.291 e. The van der Waals surface area contributed by atoms with Crippen LogP contribution in [0.4, 0.5) is 11.4 Å². The van der Waals surface area contributed by atoms with Crippen LogP contribution in [0, 0.1) is 0 Å². The number of furan rings is 1. The Labute approximate surface area is 195 Å². The number of hydrogen-bond acceptors (Lipinski definition) is 7. The number of carbonyl (C=O) groups is 1. The molecule has 168 valence electrons. The molecule has 5 rings (SSSR count). The third-order valence-corrected chi connectivity index (χ3v) is 8.08. The van der Waals surface area contributed by atoms with E-state index in [2.05, 4.69) is 15.3 Å². The quantitative estimate of drug-likeness (QED) is 0.324. The fourth-order valence-corrected chi connectivity index (χ4v) is 6.15. The molecule has 0 saturated carbocycles. The molecule has 1 fully saturated rings. The van der Waals surface area contributed by atoms with Crippen molar-refractivity contribution < 1.29 is 17.6 Å². The number of sulfonamides is 1. The number of thioether (sulfide) groups is 1. The Hall–Kier alpha value is -3.37. The molecule has 0 radical (unpaired) electrons. The van der Waals surface area contributed by atoms with Crippen LogP contribution >= 0.6 is 11.8 Å². The number of aromatic nitrogens is 2. The summed E-state index contributed by atoms with van der Waals surface area (Å²) in [4.78, 5) is 21.6. The van der Waals surface area contributed by atoms with Crippen LogP contribution < -0.4 is 9.62 Å². The van der Waals surface area contributed by atoms with Crippen LogP contribution in [-0.4, -0.2) is 36.6 Å². The van der Waals surface area contributed by atoms with Crippen molar-refractivity contribution in [2.24, 2.45) is 0 Å². The molecule has 1 amide bonds. The number of benzene rings is 2. The standard InChI is InChI=1S/C23H20N4O4S2/c28-22(26-16-7-9-17(10-8-16)27-13-4-14-33(27,29)30)21-19(15-32-23-24-11-3-12-25-23)18-5-1-2-6-20(18)31-21/h1-3,5-12H,4,13-15H2,(H,26,28). The van der Waals surface area contributed by atoms with Crippen LogP contribution in [-0.2, 0) is 15.8 Å². The van der Waals surface area contributed by atoms with Crippen LogP contribution in [0.3, 0.4) is 0 Å². The van der Waals surface area contributed by atoms with Gasteiger partial charge in [-0.1, -0.05) is 30.0 Å². The molecule has 1 aliphatic heterocycles. The number of fused-ring (bicyclic) bond motifs is 1. The largest absolute Gasteiger partial charge is 0.451 e. The van der Waals surface area contributed by atoms with Crippen molar-refractivity contribution in [1.82, 2.24) is 9.97 Å². The number of nitrogens with one attached hydrogen (secondary N) is 1. The first-order chi connectivity index (χ1) is 16.0. The number of amides is 1. The van der Waals surface area contributed by atoms with E-state index < -0.39 is 10.0 Å². The molecule has 1 N–H and O–H groups in total. The van der Waals surface area contributed by atoms with Gasteiger partial charge in [0, 0.05) is 41.3 Å². The summed E-state index contributed by atoms with van der Waals surface area (Å²) in [5.41, 5.74) is 2.53. The molecule has 33 heavy (non-hydrogen) atoms. The highest BCUT2D eigenvalue weighted by molar-refractivity contribution is 7.98. The molecule has 3 heterocycles. The molecule has 2 aromatic heterocycles. The number of para-hydroxylation sites is 1. The van der Waals surface area contributed by atoms with Crippen LogP contribution in [0.1, 0.15) is 22.5 Å². The lowest BCUT2D eigenvalue weighted by atomic mass is 10.1. The lowest BCUT2D eigenvalue weighted by Crippen LogP contribution is -2.25. The average molecular weight is 481 g/mol. The van der Waals surface area contributed by atoms with Gasteiger partial charge in [-0.05, 0) is 42.8 Å². The fourth-order valence-electron chi connectivity index (χ4n) is 3.75. The van der Waals surface area contributed by atoms with E-state index in [9.17, 15) is 13.2 Å². The lowest BCUT2D eigenvalue weighted by molar-refractivity contribution is 0.0998. The monoisotopic (exact) mass is 480 g/mol. The number of carbonyl (C=O) groups excluding carboxylic acids is 1. The minimum atomic E-state index is -3.25. The van der Waals surface area contributed by atoms with Gasteiger partial charge >= 0.3 is 0 Å². The van der Waals surface area contributed by atoms with Crippen LogP contribution in [0.2, 0.25) is 0 Å². The van der Waals surface area contributed by atoms with E-state index in [4.69, 9.17) is 4.42 Å². The molecule has 1 saturated heterocycles. The summed E-state index contributed by atoms with van der Waals surface area (Å²) in [5, 5.41) is 4.33. The van der Waals surface area contributed by atoms with Crippen molar-refractivity contribution in [3.05, 3.63) is 78.3 Å². The van der Waals surface area contributed by atoms with Gasteiger partial charge in [0.1, 0.15) is 5.58 Å². The number of anilines is 2. The average Bonchev–Trinajstić information content (AvgIpc) is 3.38. The van der Waals surface area contributed by atoms with Crippen molar-refractivity contribution in [2.45, 2.75) is 17.3 Å². The van der Waals surface area contributed by atoms with E-state index >= 15 is 0 Å². The van der Waals surface area contributed by atoms with Crippen LogP contribution in [0.5, 0.6) is 0 Å². The molecule has 0 atom stereocenters. The van der Waals surface area contributed by atoms with Gasteiger partial charge in [-0.25, -0.2) is 18.4 Å². The Morgan fingerprint density at radius 1 is 1.06 bits per heavy atom. The molecule has 1 aliphatic rings. The maximum atomic E-state index is 13.1. The summed E-state index contributed by atoms with van der Waals surface area (Å²) in [5.74, 6) is 0.477. The second-order valence-electron chi connectivity index (χ2n) is 7.47. The third kappa shape index (κ3) is 4.44. The van der Waals surface area contributed by atoms with Gasteiger partial charge in [0.2, 0.25) is 10.0 Å². The van der Waals surface area contributed by atoms with Crippen molar-refractivity contribution in [3.63, 3.8) is 0 Å². The van der Waals surface area contributed by atoms with Crippen molar-refractivity contribution in [2.75, 3.05) is 21.9 Å². The fraction of sp³-hybridized carbons (Fsp3) is 0.174. The zero-order chi connectivity index (χ0) is 22.8. The first-order valence-corrected chi connectivity index (χ1v) is 12.9. The number of hydrogen-bond donors (Lipinski definition) is 1. The van der Waals surface area contributed by atoms with Crippen molar-refractivity contribution in [3.8, 4) is 0 Å². The summed E-state index contributed by atoms with van der Waals surface area (Å²) in [6, 6.07) is 16.0. The third-order valence-electron chi connectivity index (χ3n) is 5.30. The SMILES string of the molecule is O=C(Nc1ccc(N2CCCS2(=O)=O)cc1)c1oc2ccccc2c1CSc1ncccn1. The molecular weight excluding hydrogens is 460 g/mol. The molecule has 2 aromatic carbocycles. The zero-order valence-corrected chi connectivity index (χ0v) is 19.1. The van der Waals surface area contributed by atoms with Crippen molar-refractivity contribution >= 4 is 50.0 Å². The Morgan fingerprint density at radius 2 is 1.82 bits per heavy atom. The normalized spacial score (nSPS) is 15.1. The molecule has 8 nitrogen and oxygen atoms in total. The predicted molar refractivity (Wildman–Crippen MR) is 128 cm³/mol. The summed E-state index contributed by atoms with van der Waals surface area (Å²) in [6.07, 6.45) is 3.96. The molecule has 0 spiro atoms. The Balaban J connectivity index is 1.38. The van der Waals surface area contributed by atoms with Crippen molar-refractivity contribution in [1.29, 1.82) is 0 Å². The van der Waals surface area contributed by atoms with Gasteiger partial charge in [-0.15, -0.1) is 0 Å². The van der Waals surface area contributed by atoms with E-state index in [-0.39, 0.29) is 17.4 Å². The summed E-state index contributed by atoms with van der Waals surface area (Å²) >= 11 is 1.42. The van der Waals surface area contributed by atoms with Gasteiger partial charge in [-0.3, -0.25) is 9.10 Å². The molecule has 0 unspecified atom stereocenters.